The minimum Gasteiger partial charge on any atom is -0.487 e. The summed E-state index contributed by atoms with van der Waals surface area (Å²) in [6, 6.07) is 6.31. The third kappa shape index (κ3) is 2.98. The van der Waals surface area contributed by atoms with Gasteiger partial charge in [0.25, 0.3) is 0 Å². The van der Waals surface area contributed by atoms with Gasteiger partial charge in [-0.15, -0.1) is 0 Å². The van der Waals surface area contributed by atoms with Gasteiger partial charge in [-0.1, -0.05) is 0 Å². The lowest BCUT2D eigenvalue weighted by atomic mass is 9.90. The van der Waals surface area contributed by atoms with Crippen molar-refractivity contribution in [2.24, 2.45) is 5.92 Å². The van der Waals surface area contributed by atoms with E-state index in [2.05, 4.69) is 31.0 Å². The summed E-state index contributed by atoms with van der Waals surface area (Å²) in [4.78, 5) is 15.1. The normalized spacial score (nSPS) is 24.8. The number of hydrogen-bond acceptors (Lipinski definition) is 4. The van der Waals surface area contributed by atoms with Gasteiger partial charge in [-0.3, -0.25) is 4.79 Å². The Kier molecular flexibility index (Phi) is 4.39. The Morgan fingerprint density at radius 3 is 2.91 bits per heavy atom. The number of fused-ring (bicyclic) bond motifs is 1. The number of carbonyl (C=O) groups excluding carboxylic acids is 1. The molecule has 2 atom stereocenters. The van der Waals surface area contributed by atoms with Crippen LogP contribution in [0.15, 0.2) is 18.2 Å². The Labute approximate surface area is 132 Å². The molecule has 2 aliphatic rings. The average molecular weight is 302 g/mol. The van der Waals surface area contributed by atoms with Crippen LogP contribution in [0.25, 0.3) is 0 Å². The van der Waals surface area contributed by atoms with E-state index < -0.39 is 0 Å². The summed E-state index contributed by atoms with van der Waals surface area (Å²) in [7, 11) is 0. The van der Waals surface area contributed by atoms with Crippen molar-refractivity contribution in [2.45, 2.75) is 45.8 Å². The van der Waals surface area contributed by atoms with E-state index in [4.69, 9.17) is 4.74 Å². The first kappa shape index (κ1) is 15.3. The van der Waals surface area contributed by atoms with E-state index in [1.165, 1.54) is 0 Å². The van der Waals surface area contributed by atoms with Crippen LogP contribution in [0.3, 0.4) is 0 Å². The van der Waals surface area contributed by atoms with Crippen molar-refractivity contribution in [3.63, 3.8) is 0 Å². The molecular formula is C18H26N2O2. The van der Waals surface area contributed by atoms with Gasteiger partial charge in [-0.2, -0.15) is 0 Å². The third-order valence-electron chi connectivity index (χ3n) is 4.63. The van der Waals surface area contributed by atoms with Crippen LogP contribution >= 0.6 is 0 Å². The Morgan fingerprint density at radius 2 is 2.23 bits per heavy atom. The molecule has 4 nitrogen and oxygen atoms in total. The van der Waals surface area contributed by atoms with Crippen molar-refractivity contribution in [3.05, 3.63) is 23.8 Å². The fraction of sp³-hybridized carbons (Fsp3) is 0.611. The van der Waals surface area contributed by atoms with Gasteiger partial charge in [0.1, 0.15) is 11.9 Å². The standard InChI is InChI=1S/C18H26N2O2/c1-12(2)20-11-13(3)22-17-7-6-14(9-16(17)20)18(21)15-5-4-8-19-10-15/h6-7,9,12-13,15,19H,4-5,8,10-11H2,1-3H3. The molecule has 4 heteroatoms. The molecule has 1 aromatic carbocycles. The number of ether oxygens (including phenoxy) is 1. The van der Waals surface area contributed by atoms with E-state index in [9.17, 15) is 4.79 Å². The number of nitrogens with zero attached hydrogens (tertiary/aromatic N) is 1. The molecule has 1 fully saturated rings. The molecule has 1 N–H and O–H groups in total. The van der Waals surface area contributed by atoms with Gasteiger partial charge in [0.05, 0.1) is 12.2 Å². The number of benzene rings is 1. The first-order valence-corrected chi connectivity index (χ1v) is 8.38. The first-order chi connectivity index (χ1) is 10.6. The minimum absolute atomic E-state index is 0.114. The van der Waals surface area contributed by atoms with Crippen molar-refractivity contribution >= 4 is 11.5 Å². The van der Waals surface area contributed by atoms with Crippen molar-refractivity contribution in [1.82, 2.24) is 5.32 Å². The molecule has 120 valence electrons. The molecule has 0 amide bonds. The maximum atomic E-state index is 12.7. The van der Waals surface area contributed by atoms with E-state index in [1.54, 1.807) is 0 Å². The zero-order valence-electron chi connectivity index (χ0n) is 13.8. The Bertz CT molecular complexity index is 550. The molecule has 0 bridgehead atoms. The van der Waals surface area contributed by atoms with Crippen LogP contribution in [0.4, 0.5) is 5.69 Å². The second-order valence-corrected chi connectivity index (χ2v) is 6.76. The third-order valence-corrected chi connectivity index (χ3v) is 4.63. The lowest BCUT2D eigenvalue weighted by Gasteiger charge is -2.38. The van der Waals surface area contributed by atoms with Crippen LogP contribution in [0.1, 0.15) is 44.0 Å². The maximum Gasteiger partial charge on any atom is 0.167 e. The Morgan fingerprint density at radius 1 is 1.41 bits per heavy atom. The van der Waals surface area contributed by atoms with Crippen molar-refractivity contribution in [3.8, 4) is 5.75 Å². The summed E-state index contributed by atoms with van der Waals surface area (Å²) in [5.74, 6) is 1.27. The fourth-order valence-electron chi connectivity index (χ4n) is 3.42. The summed E-state index contributed by atoms with van der Waals surface area (Å²) in [5.41, 5.74) is 1.87. The highest BCUT2D eigenvalue weighted by molar-refractivity contribution is 5.99. The average Bonchev–Trinajstić information content (AvgIpc) is 2.53. The zero-order valence-corrected chi connectivity index (χ0v) is 13.8. The van der Waals surface area contributed by atoms with Gasteiger partial charge < -0.3 is 15.0 Å². The quantitative estimate of drug-likeness (QED) is 0.872. The number of nitrogens with one attached hydrogen (secondary N) is 1. The molecule has 2 heterocycles. The smallest absolute Gasteiger partial charge is 0.167 e. The SMILES string of the molecule is CC1CN(C(C)C)c2cc(C(=O)C3CCCNC3)ccc2O1. The number of carbonyl (C=O) groups is 1. The van der Waals surface area contributed by atoms with Gasteiger partial charge in [-0.25, -0.2) is 0 Å². The predicted molar refractivity (Wildman–Crippen MR) is 88.9 cm³/mol. The summed E-state index contributed by atoms with van der Waals surface area (Å²) in [5, 5.41) is 3.32. The van der Waals surface area contributed by atoms with Crippen LogP contribution in [0.5, 0.6) is 5.75 Å². The van der Waals surface area contributed by atoms with Crippen LogP contribution in [0, 0.1) is 5.92 Å². The predicted octanol–water partition coefficient (Wildman–Crippen LogP) is 2.86. The molecule has 0 aromatic heterocycles. The summed E-state index contributed by atoms with van der Waals surface area (Å²) in [6.45, 7) is 9.15. The highest BCUT2D eigenvalue weighted by Gasteiger charge is 2.28. The van der Waals surface area contributed by atoms with E-state index in [1.807, 2.05) is 18.2 Å². The monoisotopic (exact) mass is 302 g/mol. The maximum absolute atomic E-state index is 12.7. The van der Waals surface area contributed by atoms with Crippen molar-refractivity contribution in [2.75, 3.05) is 24.5 Å². The largest absolute Gasteiger partial charge is 0.487 e. The molecule has 2 aliphatic heterocycles. The molecule has 0 saturated carbocycles. The van der Waals surface area contributed by atoms with Gasteiger partial charge in [0, 0.05) is 24.1 Å². The lowest BCUT2D eigenvalue weighted by molar-refractivity contribution is 0.0899. The van der Waals surface area contributed by atoms with Crippen LogP contribution in [-0.4, -0.2) is 37.6 Å². The number of Topliss-reactive ketones (excluding diaryl/α,β-unsaturated/α-hetero) is 1. The number of ketones is 1. The van der Waals surface area contributed by atoms with Crippen molar-refractivity contribution < 1.29 is 9.53 Å². The van der Waals surface area contributed by atoms with E-state index in [-0.39, 0.29) is 17.8 Å². The molecule has 2 unspecified atom stereocenters. The lowest BCUT2D eigenvalue weighted by Crippen LogP contribution is -2.42. The number of anilines is 1. The molecule has 0 spiro atoms. The topological polar surface area (TPSA) is 41.6 Å². The van der Waals surface area contributed by atoms with Gasteiger partial charge in [0.15, 0.2) is 5.78 Å². The van der Waals surface area contributed by atoms with E-state index >= 15 is 0 Å². The van der Waals surface area contributed by atoms with Gasteiger partial charge in [-0.05, 0) is 58.4 Å². The van der Waals surface area contributed by atoms with E-state index in [0.29, 0.717) is 6.04 Å². The van der Waals surface area contributed by atoms with Crippen LogP contribution in [-0.2, 0) is 0 Å². The van der Waals surface area contributed by atoms with Crippen LogP contribution in [0.2, 0.25) is 0 Å². The summed E-state index contributed by atoms with van der Waals surface area (Å²) < 4.78 is 5.93. The number of piperidine rings is 1. The highest BCUT2D eigenvalue weighted by Crippen LogP contribution is 2.36. The highest BCUT2D eigenvalue weighted by atomic mass is 16.5. The van der Waals surface area contributed by atoms with E-state index in [0.717, 1.165) is 49.5 Å². The Balaban J connectivity index is 1.88. The van der Waals surface area contributed by atoms with Crippen LogP contribution < -0.4 is 15.0 Å². The molecule has 0 aliphatic carbocycles. The number of rotatable bonds is 3. The molecule has 0 radical (unpaired) electrons. The first-order valence-electron chi connectivity index (χ1n) is 8.38. The zero-order chi connectivity index (χ0) is 15.7. The molecule has 3 rings (SSSR count). The fourth-order valence-corrected chi connectivity index (χ4v) is 3.42. The minimum atomic E-state index is 0.114. The molecule has 1 aromatic rings. The molecule has 1 saturated heterocycles. The van der Waals surface area contributed by atoms with Crippen molar-refractivity contribution in [1.29, 1.82) is 0 Å². The summed E-state index contributed by atoms with van der Waals surface area (Å²) >= 11 is 0. The number of hydrogen-bond donors (Lipinski definition) is 1. The molecular weight excluding hydrogens is 276 g/mol. The van der Waals surface area contributed by atoms with Gasteiger partial charge >= 0.3 is 0 Å². The van der Waals surface area contributed by atoms with Gasteiger partial charge in [0.2, 0.25) is 0 Å². The molecule has 22 heavy (non-hydrogen) atoms. The second kappa shape index (κ2) is 6.29. The Hall–Kier alpha value is -1.55. The second-order valence-electron chi connectivity index (χ2n) is 6.76. The summed E-state index contributed by atoms with van der Waals surface area (Å²) in [6.07, 6.45) is 2.25.